The number of amides is 1. The molecule has 0 aliphatic heterocycles. The van der Waals surface area contributed by atoms with Crippen LogP contribution in [-0.2, 0) is 14.3 Å². The molecule has 0 unspecified atom stereocenters. The van der Waals surface area contributed by atoms with Gasteiger partial charge in [-0.2, -0.15) is 0 Å². The molecule has 1 aromatic rings. The van der Waals surface area contributed by atoms with Crippen LogP contribution in [0.25, 0.3) is 6.08 Å². The van der Waals surface area contributed by atoms with Crippen LogP contribution in [0.2, 0.25) is 0 Å². The Morgan fingerprint density at radius 1 is 1.25 bits per heavy atom. The number of nitrogens with one attached hydrogen (secondary N) is 1. The minimum Gasteiger partial charge on any atom is -0.485 e. The van der Waals surface area contributed by atoms with E-state index in [1.165, 1.54) is 6.92 Å². The molecule has 1 amide bonds. The SMILES string of the molecule is CC/C(=C\C=C\c1ccccc1)C(=O)CC(=S)OCCNC(C)=O. The summed E-state index contributed by atoms with van der Waals surface area (Å²) in [7, 11) is 0. The number of carbonyl (C=O) groups excluding carboxylic acids is 2. The molecule has 0 fully saturated rings. The highest BCUT2D eigenvalue weighted by atomic mass is 32.1. The lowest BCUT2D eigenvalue weighted by atomic mass is 10.1. The predicted molar refractivity (Wildman–Crippen MR) is 101 cm³/mol. The van der Waals surface area contributed by atoms with Crippen molar-refractivity contribution in [3.05, 3.63) is 53.6 Å². The average molecular weight is 345 g/mol. The van der Waals surface area contributed by atoms with Crippen molar-refractivity contribution in [2.75, 3.05) is 13.2 Å². The number of Topliss-reactive ketones (excluding diaryl/α,β-unsaturated/α-hetero) is 1. The van der Waals surface area contributed by atoms with Gasteiger partial charge in [-0.1, -0.05) is 55.5 Å². The molecule has 0 heterocycles. The standard InChI is InChI=1S/C19H23NO3S/c1-3-17(11-7-10-16-8-5-4-6-9-16)18(22)14-19(24)23-13-12-20-15(2)21/h4-11H,3,12-14H2,1-2H3,(H,20,21)/b10-7+,17-11+. The summed E-state index contributed by atoms with van der Waals surface area (Å²) in [6, 6.07) is 9.88. The molecule has 0 aliphatic rings. The Morgan fingerprint density at radius 2 is 1.96 bits per heavy atom. The number of allylic oxidation sites excluding steroid dienone is 3. The van der Waals surface area contributed by atoms with Crippen LogP contribution in [0.1, 0.15) is 32.3 Å². The topological polar surface area (TPSA) is 55.4 Å². The number of ether oxygens (including phenoxy) is 1. The predicted octanol–water partition coefficient (Wildman–Crippen LogP) is 3.48. The van der Waals surface area contributed by atoms with Crippen LogP contribution in [0.4, 0.5) is 0 Å². The molecule has 0 aliphatic carbocycles. The second-order valence-corrected chi connectivity index (χ2v) is 5.57. The summed E-state index contributed by atoms with van der Waals surface area (Å²) in [4.78, 5) is 23.0. The van der Waals surface area contributed by atoms with Crippen molar-refractivity contribution in [1.29, 1.82) is 0 Å². The molecular weight excluding hydrogens is 322 g/mol. The molecule has 5 heteroatoms. The average Bonchev–Trinajstić information content (AvgIpc) is 2.56. The second-order valence-electron chi connectivity index (χ2n) is 5.12. The normalized spacial score (nSPS) is 11.3. The molecule has 0 bridgehead atoms. The van der Waals surface area contributed by atoms with Crippen molar-refractivity contribution in [1.82, 2.24) is 5.32 Å². The van der Waals surface area contributed by atoms with Crippen LogP contribution < -0.4 is 5.32 Å². The van der Waals surface area contributed by atoms with Gasteiger partial charge in [0.25, 0.3) is 0 Å². The van der Waals surface area contributed by atoms with Crippen molar-refractivity contribution >= 4 is 35.0 Å². The van der Waals surface area contributed by atoms with Gasteiger partial charge in [-0.15, -0.1) is 0 Å². The third kappa shape index (κ3) is 8.39. The number of hydrogen-bond acceptors (Lipinski definition) is 4. The fraction of sp³-hybridized carbons (Fsp3) is 0.316. The summed E-state index contributed by atoms with van der Waals surface area (Å²) in [6.07, 6.45) is 6.34. The molecule has 0 atom stereocenters. The maximum Gasteiger partial charge on any atom is 0.216 e. The number of carbonyl (C=O) groups is 2. The van der Waals surface area contributed by atoms with E-state index in [4.69, 9.17) is 17.0 Å². The van der Waals surface area contributed by atoms with E-state index in [0.29, 0.717) is 18.5 Å². The van der Waals surface area contributed by atoms with Gasteiger partial charge >= 0.3 is 0 Å². The zero-order valence-electron chi connectivity index (χ0n) is 14.1. The third-order valence-electron chi connectivity index (χ3n) is 3.17. The van der Waals surface area contributed by atoms with Crippen LogP contribution in [-0.4, -0.2) is 29.9 Å². The first-order valence-electron chi connectivity index (χ1n) is 7.88. The Bertz CT molecular complexity index is 621. The molecule has 0 saturated carbocycles. The van der Waals surface area contributed by atoms with Crippen LogP contribution >= 0.6 is 12.2 Å². The molecule has 1 aromatic carbocycles. The van der Waals surface area contributed by atoms with Gasteiger partial charge < -0.3 is 10.1 Å². The molecule has 4 nitrogen and oxygen atoms in total. The lowest BCUT2D eigenvalue weighted by Crippen LogP contribution is -2.25. The summed E-state index contributed by atoms with van der Waals surface area (Å²) in [5.74, 6) is -0.165. The summed E-state index contributed by atoms with van der Waals surface area (Å²) >= 11 is 5.06. The molecule has 1 N–H and O–H groups in total. The first-order chi connectivity index (χ1) is 11.5. The van der Waals surface area contributed by atoms with E-state index in [2.05, 4.69) is 5.32 Å². The number of hydrogen-bond donors (Lipinski definition) is 1. The van der Waals surface area contributed by atoms with Crippen LogP contribution in [0.5, 0.6) is 0 Å². The van der Waals surface area contributed by atoms with E-state index in [-0.39, 0.29) is 29.8 Å². The van der Waals surface area contributed by atoms with Gasteiger partial charge in [0.1, 0.15) is 6.61 Å². The molecule has 128 valence electrons. The van der Waals surface area contributed by atoms with E-state index >= 15 is 0 Å². The summed E-state index contributed by atoms with van der Waals surface area (Å²) in [5.41, 5.74) is 1.78. The smallest absolute Gasteiger partial charge is 0.216 e. The van der Waals surface area contributed by atoms with E-state index in [9.17, 15) is 9.59 Å². The Kier molecular flexibility index (Phi) is 9.31. The van der Waals surface area contributed by atoms with Crippen molar-refractivity contribution in [3.63, 3.8) is 0 Å². The third-order valence-corrected chi connectivity index (χ3v) is 3.43. The quantitative estimate of drug-likeness (QED) is 0.322. The fourth-order valence-corrected chi connectivity index (χ4v) is 2.15. The molecular formula is C19H23NO3S. The van der Waals surface area contributed by atoms with Gasteiger partial charge in [-0.25, -0.2) is 0 Å². The zero-order chi connectivity index (χ0) is 17.8. The van der Waals surface area contributed by atoms with Crippen LogP contribution in [0.3, 0.4) is 0 Å². The highest BCUT2D eigenvalue weighted by molar-refractivity contribution is 7.80. The molecule has 24 heavy (non-hydrogen) atoms. The number of rotatable bonds is 9. The minimum absolute atomic E-state index is 0.0419. The Morgan fingerprint density at radius 3 is 2.58 bits per heavy atom. The zero-order valence-corrected chi connectivity index (χ0v) is 14.9. The van der Waals surface area contributed by atoms with Crippen LogP contribution in [0.15, 0.2) is 48.1 Å². The Hall–Kier alpha value is -2.27. The van der Waals surface area contributed by atoms with Gasteiger partial charge in [0.15, 0.2) is 10.8 Å². The first kappa shape index (κ1) is 19.8. The second kappa shape index (κ2) is 11.3. The van der Waals surface area contributed by atoms with Gasteiger partial charge in [0, 0.05) is 6.92 Å². The van der Waals surface area contributed by atoms with E-state index < -0.39 is 0 Å². The largest absolute Gasteiger partial charge is 0.485 e. The maximum atomic E-state index is 12.2. The summed E-state index contributed by atoms with van der Waals surface area (Å²) in [5, 5.41) is 2.85. The van der Waals surface area contributed by atoms with Crippen molar-refractivity contribution < 1.29 is 14.3 Å². The lowest BCUT2D eigenvalue weighted by Gasteiger charge is -2.08. The van der Waals surface area contributed by atoms with Gasteiger partial charge in [-0.3, -0.25) is 9.59 Å². The van der Waals surface area contributed by atoms with Gasteiger partial charge in [-0.05, 0) is 29.8 Å². The minimum atomic E-state index is -0.123. The summed E-state index contributed by atoms with van der Waals surface area (Å²) in [6.45, 7) is 4.01. The Labute approximate surface area is 148 Å². The van der Waals surface area contributed by atoms with Gasteiger partial charge in [0.2, 0.25) is 5.91 Å². The van der Waals surface area contributed by atoms with Crippen LogP contribution in [0, 0.1) is 0 Å². The van der Waals surface area contributed by atoms with Crippen molar-refractivity contribution in [3.8, 4) is 0 Å². The number of benzene rings is 1. The molecule has 0 aromatic heterocycles. The van der Waals surface area contributed by atoms with Crippen molar-refractivity contribution in [2.45, 2.75) is 26.7 Å². The summed E-state index contributed by atoms with van der Waals surface area (Å²) < 4.78 is 5.28. The molecule has 1 rings (SSSR count). The van der Waals surface area contributed by atoms with Gasteiger partial charge in [0.05, 0.1) is 13.0 Å². The van der Waals surface area contributed by atoms with E-state index in [0.717, 1.165) is 5.56 Å². The molecule has 0 spiro atoms. The van der Waals surface area contributed by atoms with E-state index in [1.807, 2.05) is 55.5 Å². The van der Waals surface area contributed by atoms with E-state index in [1.54, 1.807) is 0 Å². The monoisotopic (exact) mass is 345 g/mol. The Balaban J connectivity index is 2.47. The fourth-order valence-electron chi connectivity index (χ4n) is 1.94. The number of ketones is 1. The highest BCUT2D eigenvalue weighted by Gasteiger charge is 2.11. The first-order valence-corrected chi connectivity index (χ1v) is 8.29. The molecule has 0 radical (unpaired) electrons. The lowest BCUT2D eigenvalue weighted by molar-refractivity contribution is -0.119. The van der Waals surface area contributed by atoms with Crippen molar-refractivity contribution in [2.24, 2.45) is 0 Å². The maximum absolute atomic E-state index is 12.2. The number of thiocarbonyl (C=S) groups is 1. The molecule has 0 saturated heterocycles. The highest BCUT2D eigenvalue weighted by Crippen LogP contribution is 2.09.